The molecule has 5 atom stereocenters. The molecule has 0 saturated heterocycles. The first kappa shape index (κ1) is 46.2. The van der Waals surface area contributed by atoms with E-state index < -0.39 is 106 Å². The van der Waals surface area contributed by atoms with E-state index in [1.807, 2.05) is 39.3 Å². The molecule has 0 spiro atoms. The summed E-state index contributed by atoms with van der Waals surface area (Å²) in [5, 5.41) is 0. The van der Waals surface area contributed by atoms with Crippen molar-refractivity contribution in [1.82, 2.24) is 0 Å². The van der Waals surface area contributed by atoms with Crippen LogP contribution < -0.4 is 0 Å². The van der Waals surface area contributed by atoms with Crippen molar-refractivity contribution in [2.24, 2.45) is 0 Å². The van der Waals surface area contributed by atoms with Gasteiger partial charge in [0.1, 0.15) is 0 Å². The zero-order valence-electron chi connectivity index (χ0n) is 31.9. The van der Waals surface area contributed by atoms with Gasteiger partial charge in [-0.2, -0.15) is 0 Å². The fourth-order valence-electron chi connectivity index (χ4n) is 4.28. The molecule has 0 rings (SSSR count). The summed E-state index contributed by atoms with van der Waals surface area (Å²) in [4.78, 5) is 0. The molecule has 0 aliphatic heterocycles. The highest BCUT2D eigenvalue weighted by molar-refractivity contribution is 6.88. The topological polar surface area (TPSA) is 102 Å². The lowest BCUT2D eigenvalue weighted by Crippen LogP contribution is -2.67. The molecule has 0 radical (unpaired) electrons. The molecule has 0 aromatic heterocycles. The molecular formula is C21H68O11Si12. The quantitative estimate of drug-likeness (QED) is 0.128. The van der Waals surface area contributed by atoms with E-state index in [0.717, 1.165) is 0 Å². The van der Waals surface area contributed by atoms with Gasteiger partial charge in [0.2, 0.25) is 0 Å². The fourth-order valence-corrected chi connectivity index (χ4v) is 44.9. The smallest absolute Gasteiger partial charge is 0.439 e. The Bertz CT molecular complexity index is 759. The van der Waals surface area contributed by atoms with E-state index in [1.54, 1.807) is 0 Å². The first-order valence-electron chi connectivity index (χ1n) is 15.7. The predicted octanol–water partition coefficient (Wildman–Crippen LogP) is 5.60. The summed E-state index contributed by atoms with van der Waals surface area (Å²) >= 11 is 0. The summed E-state index contributed by atoms with van der Waals surface area (Å²) in [6, 6.07) is 0. The largest absolute Gasteiger partial charge is 0.644 e. The SMILES string of the molecule is C[SiH](O[Si](C)(C)C)O[Si](C)(O[SiH](C)O[Si](C)(C)C)O[Si](O[SiH](C)O[Si](C)(C)C)(O[SiH](C)O[Si](C)(C)C)O[SiH](C)O[Si](C)(C)C. The number of rotatable bonds is 22. The summed E-state index contributed by atoms with van der Waals surface area (Å²) in [5.41, 5.74) is 0. The molecule has 266 valence electrons. The molecular weight excluding hydrogens is 765 g/mol. The molecule has 5 unspecified atom stereocenters. The summed E-state index contributed by atoms with van der Waals surface area (Å²) in [6.07, 6.45) is 0. The molecule has 0 aliphatic carbocycles. The third-order valence-electron chi connectivity index (χ3n) is 4.60. The van der Waals surface area contributed by atoms with Crippen LogP contribution in [0.25, 0.3) is 0 Å². The molecule has 0 heterocycles. The van der Waals surface area contributed by atoms with E-state index in [1.165, 1.54) is 0 Å². The van der Waals surface area contributed by atoms with Crippen molar-refractivity contribution >= 4 is 106 Å². The van der Waals surface area contributed by atoms with Crippen LogP contribution in [0.4, 0.5) is 0 Å². The first-order chi connectivity index (χ1) is 19.2. The molecule has 44 heavy (non-hydrogen) atoms. The lowest BCUT2D eigenvalue weighted by Gasteiger charge is -2.42. The average molecular weight is 834 g/mol. The summed E-state index contributed by atoms with van der Waals surface area (Å²) < 4.78 is 73.5. The van der Waals surface area contributed by atoms with Crippen molar-refractivity contribution in [2.75, 3.05) is 0 Å². The Labute approximate surface area is 287 Å². The minimum absolute atomic E-state index is 1.89. The summed E-state index contributed by atoms with van der Waals surface area (Å²) in [5.74, 6) is 0. The van der Waals surface area contributed by atoms with E-state index >= 15 is 0 Å². The molecule has 0 aromatic rings. The second kappa shape index (κ2) is 17.9. The zero-order valence-corrected chi connectivity index (χ0v) is 44.7. The van der Waals surface area contributed by atoms with Crippen molar-refractivity contribution in [3.05, 3.63) is 0 Å². The van der Waals surface area contributed by atoms with Gasteiger partial charge >= 0.3 is 64.3 Å². The van der Waals surface area contributed by atoms with Crippen LogP contribution in [-0.2, 0) is 45.3 Å². The zero-order chi connectivity index (χ0) is 35.2. The third-order valence-corrected chi connectivity index (χ3v) is 41.4. The first-order valence-corrected chi connectivity index (χ1v) is 47.1. The summed E-state index contributed by atoms with van der Waals surface area (Å²) in [6.45, 7) is 44.2. The van der Waals surface area contributed by atoms with Crippen molar-refractivity contribution in [3.8, 4) is 0 Å². The van der Waals surface area contributed by atoms with Gasteiger partial charge in [-0.05, 0) is 131 Å². The molecule has 0 saturated carbocycles. The molecule has 0 aliphatic rings. The van der Waals surface area contributed by atoms with E-state index in [9.17, 15) is 0 Å². The normalized spacial score (nSPS) is 20.4. The Balaban J connectivity index is 7.05. The van der Waals surface area contributed by atoms with Gasteiger partial charge < -0.3 is 45.3 Å². The number of hydrogen-bond acceptors (Lipinski definition) is 11. The Morgan fingerprint density at radius 3 is 0.636 bits per heavy atom. The van der Waals surface area contributed by atoms with Crippen LogP contribution in [0.5, 0.6) is 0 Å². The van der Waals surface area contributed by atoms with Crippen LogP contribution in [0.15, 0.2) is 0 Å². The van der Waals surface area contributed by atoms with Gasteiger partial charge in [-0.15, -0.1) is 0 Å². The number of hydrogen-bond donors (Lipinski definition) is 0. The molecule has 11 nitrogen and oxygen atoms in total. The molecule has 0 fully saturated rings. The maximum absolute atomic E-state index is 7.07. The minimum atomic E-state index is -4.03. The van der Waals surface area contributed by atoms with Crippen molar-refractivity contribution in [3.63, 3.8) is 0 Å². The highest BCUT2D eigenvalue weighted by Crippen LogP contribution is 2.28. The lowest BCUT2D eigenvalue weighted by molar-refractivity contribution is 0.0940. The van der Waals surface area contributed by atoms with E-state index in [2.05, 4.69) is 98.2 Å². The third kappa shape index (κ3) is 24.3. The van der Waals surface area contributed by atoms with Gasteiger partial charge in [-0.25, -0.2) is 0 Å². The van der Waals surface area contributed by atoms with Crippen LogP contribution >= 0.6 is 0 Å². The van der Waals surface area contributed by atoms with Crippen molar-refractivity contribution < 1.29 is 45.3 Å². The molecule has 0 amide bonds. The van der Waals surface area contributed by atoms with Crippen LogP contribution in [0.2, 0.25) is 137 Å². The predicted molar refractivity (Wildman–Crippen MR) is 211 cm³/mol. The second-order valence-electron chi connectivity index (χ2n) is 16.0. The van der Waals surface area contributed by atoms with Crippen LogP contribution in [0.3, 0.4) is 0 Å². The van der Waals surface area contributed by atoms with Gasteiger partial charge in [-0.3, -0.25) is 0 Å². The Kier molecular flexibility index (Phi) is 18.8. The van der Waals surface area contributed by atoms with Gasteiger partial charge in [0, 0.05) is 6.55 Å². The monoisotopic (exact) mass is 832 g/mol. The molecule has 23 heteroatoms. The Hall–Kier alpha value is 2.16. The second-order valence-corrected chi connectivity index (χ2v) is 55.8. The van der Waals surface area contributed by atoms with Gasteiger partial charge in [-0.1, -0.05) is 0 Å². The van der Waals surface area contributed by atoms with Crippen molar-refractivity contribution in [1.29, 1.82) is 0 Å². The Morgan fingerprint density at radius 2 is 0.455 bits per heavy atom. The average Bonchev–Trinajstić information content (AvgIpc) is 2.57. The summed E-state index contributed by atoms with van der Waals surface area (Å²) in [7, 11) is -28.5. The van der Waals surface area contributed by atoms with Crippen LogP contribution in [-0.4, -0.2) is 106 Å². The van der Waals surface area contributed by atoms with E-state index in [-0.39, 0.29) is 0 Å². The highest BCUT2D eigenvalue weighted by atomic mass is 28.6. The Morgan fingerprint density at radius 1 is 0.273 bits per heavy atom. The fraction of sp³-hybridized carbons (Fsp3) is 1.00. The van der Waals surface area contributed by atoms with Crippen molar-refractivity contribution in [2.45, 2.75) is 137 Å². The van der Waals surface area contributed by atoms with Gasteiger partial charge in [0.15, 0.2) is 41.6 Å². The van der Waals surface area contributed by atoms with Gasteiger partial charge in [0.05, 0.1) is 0 Å². The molecule has 0 bridgehead atoms. The van der Waals surface area contributed by atoms with E-state index in [4.69, 9.17) is 45.3 Å². The molecule has 0 N–H and O–H groups in total. The lowest BCUT2D eigenvalue weighted by atomic mass is 11.8. The van der Waals surface area contributed by atoms with E-state index in [0.29, 0.717) is 0 Å². The minimum Gasteiger partial charge on any atom is -0.439 e. The van der Waals surface area contributed by atoms with Crippen LogP contribution in [0, 0.1) is 0 Å². The maximum Gasteiger partial charge on any atom is 0.644 e. The maximum atomic E-state index is 7.07. The highest BCUT2D eigenvalue weighted by Gasteiger charge is 2.59. The molecule has 0 aromatic carbocycles. The van der Waals surface area contributed by atoms with Crippen LogP contribution in [0.1, 0.15) is 0 Å². The van der Waals surface area contributed by atoms with Gasteiger partial charge in [0.25, 0.3) is 0 Å². The standard InChI is InChI=1S/C21H68O11Si12/c1-33(22-38(6,7)8)27-43(21,28-34(2)23-39(9,10)11)32-44(29-35(3)24-40(12,13)14,30-36(4)25-41(15,16)17)31-37(5)26-42(18,19)20/h33-37H,1-21H3.